The number of amides is 2. The number of anilines is 1. The van der Waals surface area contributed by atoms with Crippen LogP contribution in [-0.2, 0) is 9.59 Å². The van der Waals surface area contributed by atoms with Gasteiger partial charge in [-0.05, 0) is 18.2 Å². The van der Waals surface area contributed by atoms with Gasteiger partial charge in [0.25, 0.3) is 5.92 Å². The standard InChI is InChI=1S/C16H17ClF2N2O3/c1-3-14(22)21-8-10(7-16(18,19)9-21)15(23)20-12-4-11(17)5-13(6-12)24-2/h3-6,10H,1,7-9H2,2H3,(H,20,23). The van der Waals surface area contributed by atoms with E-state index in [1.807, 2.05) is 0 Å². The fraction of sp³-hybridized carbons (Fsp3) is 0.375. The van der Waals surface area contributed by atoms with Crippen molar-refractivity contribution in [3.8, 4) is 5.75 Å². The highest BCUT2D eigenvalue weighted by molar-refractivity contribution is 6.31. The number of hydrogen-bond acceptors (Lipinski definition) is 3. The monoisotopic (exact) mass is 358 g/mol. The van der Waals surface area contributed by atoms with E-state index in [2.05, 4.69) is 11.9 Å². The molecule has 1 fully saturated rings. The molecule has 1 heterocycles. The summed E-state index contributed by atoms with van der Waals surface area (Å²) in [6.07, 6.45) is 0.329. The van der Waals surface area contributed by atoms with E-state index in [1.165, 1.54) is 19.2 Å². The molecule has 2 rings (SSSR count). The molecular formula is C16H17ClF2N2O3. The number of nitrogens with zero attached hydrogens (tertiary/aromatic N) is 1. The molecule has 2 amide bonds. The number of halogens is 3. The summed E-state index contributed by atoms with van der Waals surface area (Å²) in [6.45, 7) is 2.48. The zero-order valence-electron chi connectivity index (χ0n) is 13.0. The normalized spacial score (nSPS) is 19.5. The summed E-state index contributed by atoms with van der Waals surface area (Å²) in [5.41, 5.74) is 0.333. The van der Waals surface area contributed by atoms with Gasteiger partial charge >= 0.3 is 0 Å². The average molecular weight is 359 g/mol. The number of likely N-dealkylation sites (tertiary alicyclic amines) is 1. The minimum atomic E-state index is -3.13. The predicted octanol–water partition coefficient (Wildman–Crippen LogP) is 2.96. The molecule has 1 atom stereocenters. The second-order valence-electron chi connectivity index (χ2n) is 5.55. The molecule has 0 saturated carbocycles. The average Bonchev–Trinajstić information content (AvgIpc) is 2.51. The number of carbonyl (C=O) groups excluding carboxylic acids is 2. The minimum absolute atomic E-state index is 0.0933. The number of alkyl halides is 2. The number of hydrogen-bond donors (Lipinski definition) is 1. The molecule has 1 aromatic carbocycles. The number of nitrogens with one attached hydrogen (secondary N) is 1. The van der Waals surface area contributed by atoms with Gasteiger partial charge in [0.15, 0.2) is 0 Å². The van der Waals surface area contributed by atoms with Gasteiger partial charge in [0.1, 0.15) is 5.75 Å². The van der Waals surface area contributed by atoms with E-state index in [4.69, 9.17) is 16.3 Å². The summed E-state index contributed by atoms with van der Waals surface area (Å²) in [5, 5.41) is 2.88. The van der Waals surface area contributed by atoms with Gasteiger partial charge in [0.05, 0.1) is 19.6 Å². The van der Waals surface area contributed by atoms with Crippen LogP contribution in [0.4, 0.5) is 14.5 Å². The van der Waals surface area contributed by atoms with Crippen molar-refractivity contribution in [1.82, 2.24) is 4.90 Å². The fourth-order valence-corrected chi connectivity index (χ4v) is 2.79. The SMILES string of the molecule is C=CC(=O)N1CC(C(=O)Nc2cc(Cl)cc(OC)c2)CC(F)(F)C1. The van der Waals surface area contributed by atoms with Crippen molar-refractivity contribution in [2.45, 2.75) is 12.3 Å². The zero-order valence-corrected chi connectivity index (χ0v) is 13.8. The van der Waals surface area contributed by atoms with Gasteiger partial charge < -0.3 is 15.0 Å². The second-order valence-corrected chi connectivity index (χ2v) is 5.99. The molecule has 0 aliphatic carbocycles. The van der Waals surface area contributed by atoms with E-state index >= 15 is 0 Å². The smallest absolute Gasteiger partial charge is 0.266 e. The summed E-state index contributed by atoms with van der Waals surface area (Å²) in [5.74, 6) is -4.99. The Hall–Kier alpha value is -2.15. The number of ether oxygens (including phenoxy) is 1. The van der Waals surface area contributed by atoms with Gasteiger partial charge in [-0.25, -0.2) is 8.78 Å². The maximum absolute atomic E-state index is 13.8. The van der Waals surface area contributed by atoms with Crippen molar-refractivity contribution in [3.63, 3.8) is 0 Å². The molecule has 5 nitrogen and oxygen atoms in total. The maximum Gasteiger partial charge on any atom is 0.266 e. The van der Waals surface area contributed by atoms with Crippen LogP contribution < -0.4 is 10.1 Å². The third-order valence-corrected chi connectivity index (χ3v) is 3.86. The topological polar surface area (TPSA) is 58.6 Å². The van der Waals surface area contributed by atoms with Crippen LogP contribution in [0.25, 0.3) is 0 Å². The van der Waals surface area contributed by atoms with E-state index in [9.17, 15) is 18.4 Å². The number of rotatable bonds is 4. The van der Waals surface area contributed by atoms with Crippen LogP contribution in [0.3, 0.4) is 0 Å². The third kappa shape index (κ3) is 4.44. The molecule has 1 aliphatic rings. The fourth-order valence-electron chi connectivity index (χ4n) is 2.57. The number of piperidine rings is 1. The van der Waals surface area contributed by atoms with Crippen molar-refractivity contribution >= 4 is 29.1 Å². The van der Waals surface area contributed by atoms with E-state index in [0.29, 0.717) is 16.5 Å². The minimum Gasteiger partial charge on any atom is -0.497 e. The summed E-state index contributed by atoms with van der Waals surface area (Å²) in [6, 6.07) is 4.56. The Balaban J connectivity index is 2.14. The van der Waals surface area contributed by atoms with E-state index in [1.54, 1.807) is 6.07 Å². The van der Waals surface area contributed by atoms with Crippen molar-refractivity contribution in [2.24, 2.45) is 5.92 Å². The number of benzene rings is 1. The summed E-state index contributed by atoms with van der Waals surface area (Å²) in [4.78, 5) is 24.9. The lowest BCUT2D eigenvalue weighted by Crippen LogP contribution is -2.51. The molecule has 0 aromatic heterocycles. The Kier molecular flexibility index (Phi) is 5.43. The first kappa shape index (κ1) is 18.2. The number of methoxy groups -OCH3 is 1. The zero-order chi connectivity index (χ0) is 17.9. The van der Waals surface area contributed by atoms with Gasteiger partial charge in [-0.2, -0.15) is 0 Å². The van der Waals surface area contributed by atoms with Crippen LogP contribution in [0.15, 0.2) is 30.9 Å². The first-order valence-corrected chi connectivity index (χ1v) is 7.56. The van der Waals surface area contributed by atoms with Crippen LogP contribution in [0, 0.1) is 5.92 Å². The van der Waals surface area contributed by atoms with Gasteiger partial charge in [-0.1, -0.05) is 18.2 Å². The van der Waals surface area contributed by atoms with Gasteiger partial charge in [0, 0.05) is 29.7 Å². The van der Waals surface area contributed by atoms with Crippen molar-refractivity contribution in [3.05, 3.63) is 35.9 Å². The maximum atomic E-state index is 13.8. The molecule has 0 spiro atoms. The van der Waals surface area contributed by atoms with Gasteiger partial charge in [-0.15, -0.1) is 0 Å². The Morgan fingerprint density at radius 1 is 1.46 bits per heavy atom. The van der Waals surface area contributed by atoms with Gasteiger partial charge in [0.2, 0.25) is 11.8 Å². The van der Waals surface area contributed by atoms with E-state index < -0.39 is 36.6 Å². The van der Waals surface area contributed by atoms with Crippen LogP contribution >= 0.6 is 11.6 Å². The molecule has 0 radical (unpaired) electrons. The van der Waals surface area contributed by atoms with Crippen LogP contribution in [0.1, 0.15) is 6.42 Å². The molecule has 0 bridgehead atoms. The molecule has 1 unspecified atom stereocenters. The Morgan fingerprint density at radius 2 is 2.17 bits per heavy atom. The summed E-state index contributed by atoms with van der Waals surface area (Å²) in [7, 11) is 1.44. The Morgan fingerprint density at radius 3 is 2.79 bits per heavy atom. The number of carbonyl (C=O) groups is 2. The lowest BCUT2D eigenvalue weighted by atomic mass is 9.94. The molecule has 24 heavy (non-hydrogen) atoms. The van der Waals surface area contributed by atoms with Gasteiger partial charge in [-0.3, -0.25) is 9.59 Å². The van der Waals surface area contributed by atoms with Crippen molar-refractivity contribution in [2.75, 3.05) is 25.5 Å². The van der Waals surface area contributed by atoms with Crippen molar-refractivity contribution in [1.29, 1.82) is 0 Å². The molecule has 1 aromatic rings. The molecular weight excluding hydrogens is 342 g/mol. The van der Waals surface area contributed by atoms with Crippen LogP contribution in [0.2, 0.25) is 5.02 Å². The van der Waals surface area contributed by atoms with Crippen LogP contribution in [0.5, 0.6) is 5.75 Å². The third-order valence-electron chi connectivity index (χ3n) is 3.64. The first-order chi connectivity index (χ1) is 11.2. The van der Waals surface area contributed by atoms with Crippen molar-refractivity contribution < 1.29 is 23.1 Å². The molecule has 8 heteroatoms. The Labute approximate surface area is 143 Å². The highest BCUT2D eigenvalue weighted by atomic mass is 35.5. The largest absolute Gasteiger partial charge is 0.497 e. The quantitative estimate of drug-likeness (QED) is 0.842. The predicted molar refractivity (Wildman–Crippen MR) is 86.5 cm³/mol. The van der Waals surface area contributed by atoms with Crippen LogP contribution in [-0.4, -0.2) is 42.8 Å². The van der Waals surface area contributed by atoms with E-state index in [0.717, 1.165) is 11.0 Å². The molecule has 1 N–H and O–H groups in total. The lowest BCUT2D eigenvalue weighted by Gasteiger charge is -2.36. The molecule has 1 saturated heterocycles. The molecule has 1 aliphatic heterocycles. The second kappa shape index (κ2) is 7.17. The Bertz CT molecular complexity index is 667. The highest BCUT2D eigenvalue weighted by Crippen LogP contribution is 2.32. The molecule has 130 valence electrons. The first-order valence-electron chi connectivity index (χ1n) is 7.18. The summed E-state index contributed by atoms with van der Waals surface area (Å²) >= 11 is 5.91. The lowest BCUT2D eigenvalue weighted by molar-refractivity contribution is -0.145. The summed E-state index contributed by atoms with van der Waals surface area (Å²) < 4.78 is 32.7. The highest BCUT2D eigenvalue weighted by Gasteiger charge is 2.44. The van der Waals surface area contributed by atoms with E-state index in [-0.39, 0.29) is 6.54 Å².